The van der Waals surface area contributed by atoms with Crippen molar-refractivity contribution in [3.8, 4) is 0 Å². The van der Waals surface area contributed by atoms with Gasteiger partial charge < -0.3 is 9.84 Å². The van der Waals surface area contributed by atoms with Crippen molar-refractivity contribution in [2.24, 2.45) is 0 Å². The molecule has 0 saturated heterocycles. The summed E-state index contributed by atoms with van der Waals surface area (Å²) in [6.45, 7) is 3.20. The van der Waals surface area contributed by atoms with Crippen LogP contribution in [-0.2, 0) is 11.2 Å². The molecule has 13 heavy (non-hydrogen) atoms. The number of hydrogen-bond acceptors (Lipinski definition) is 4. The minimum Gasteiger partial charge on any atom is -0.477 e. The standard InChI is InChI=1S/C8H11NO3S/c1-2-12-4-3-7-9-5-6(13-7)8(10)11/h5H,2-4H2,1H3,(H,10,11). The van der Waals surface area contributed by atoms with Crippen molar-refractivity contribution in [1.29, 1.82) is 0 Å². The lowest BCUT2D eigenvalue weighted by Crippen LogP contribution is -1.96. The van der Waals surface area contributed by atoms with E-state index in [0.717, 1.165) is 5.01 Å². The summed E-state index contributed by atoms with van der Waals surface area (Å²) in [5, 5.41) is 9.42. The first-order valence-corrected chi connectivity index (χ1v) is 4.81. The molecular formula is C8H11NO3S. The second kappa shape index (κ2) is 4.94. The van der Waals surface area contributed by atoms with E-state index >= 15 is 0 Å². The highest BCUT2D eigenvalue weighted by atomic mass is 32.1. The van der Waals surface area contributed by atoms with Gasteiger partial charge in [0.1, 0.15) is 4.88 Å². The molecule has 0 aliphatic rings. The number of nitrogens with zero attached hydrogens (tertiary/aromatic N) is 1. The topological polar surface area (TPSA) is 59.4 Å². The van der Waals surface area contributed by atoms with E-state index in [1.807, 2.05) is 6.92 Å². The Balaban J connectivity index is 2.44. The van der Waals surface area contributed by atoms with Gasteiger partial charge in [-0.15, -0.1) is 11.3 Å². The summed E-state index contributed by atoms with van der Waals surface area (Å²) in [7, 11) is 0. The quantitative estimate of drug-likeness (QED) is 0.732. The number of aromatic nitrogens is 1. The van der Waals surface area contributed by atoms with Gasteiger partial charge >= 0.3 is 5.97 Å². The number of thiazole rings is 1. The van der Waals surface area contributed by atoms with Gasteiger partial charge in [-0.3, -0.25) is 0 Å². The van der Waals surface area contributed by atoms with E-state index in [1.165, 1.54) is 17.5 Å². The van der Waals surface area contributed by atoms with E-state index < -0.39 is 5.97 Å². The van der Waals surface area contributed by atoms with Gasteiger partial charge in [0.05, 0.1) is 17.8 Å². The zero-order valence-corrected chi connectivity index (χ0v) is 8.13. The maximum absolute atomic E-state index is 10.5. The van der Waals surface area contributed by atoms with Crippen molar-refractivity contribution >= 4 is 17.3 Å². The molecule has 0 aliphatic heterocycles. The Kier molecular flexibility index (Phi) is 3.85. The lowest BCUT2D eigenvalue weighted by molar-refractivity contribution is 0.0702. The smallest absolute Gasteiger partial charge is 0.347 e. The Hall–Kier alpha value is -0.940. The fourth-order valence-corrected chi connectivity index (χ4v) is 1.57. The molecule has 4 nitrogen and oxygen atoms in total. The van der Waals surface area contributed by atoms with Gasteiger partial charge in [0.2, 0.25) is 0 Å². The normalized spacial score (nSPS) is 10.2. The Labute approximate surface area is 80.2 Å². The molecule has 0 atom stereocenters. The zero-order valence-electron chi connectivity index (χ0n) is 7.32. The van der Waals surface area contributed by atoms with Crippen LogP contribution >= 0.6 is 11.3 Å². The average molecular weight is 201 g/mol. The third kappa shape index (κ3) is 3.12. The van der Waals surface area contributed by atoms with Gasteiger partial charge in [-0.2, -0.15) is 0 Å². The molecule has 0 aromatic carbocycles. The largest absolute Gasteiger partial charge is 0.477 e. The minimum absolute atomic E-state index is 0.284. The fraction of sp³-hybridized carbons (Fsp3) is 0.500. The van der Waals surface area contributed by atoms with Gasteiger partial charge in [-0.05, 0) is 6.92 Å². The van der Waals surface area contributed by atoms with Crippen molar-refractivity contribution in [3.05, 3.63) is 16.1 Å². The molecule has 0 unspecified atom stereocenters. The van der Waals surface area contributed by atoms with Gasteiger partial charge in [-0.25, -0.2) is 9.78 Å². The van der Waals surface area contributed by atoms with Crippen molar-refractivity contribution in [2.75, 3.05) is 13.2 Å². The van der Waals surface area contributed by atoms with Crippen LogP contribution in [0, 0.1) is 0 Å². The molecule has 0 saturated carbocycles. The van der Waals surface area contributed by atoms with E-state index in [1.54, 1.807) is 0 Å². The maximum atomic E-state index is 10.5. The number of rotatable bonds is 5. The van der Waals surface area contributed by atoms with Crippen LogP contribution in [-0.4, -0.2) is 29.3 Å². The number of hydrogen-bond donors (Lipinski definition) is 1. The first-order valence-electron chi connectivity index (χ1n) is 3.99. The van der Waals surface area contributed by atoms with E-state index in [4.69, 9.17) is 9.84 Å². The van der Waals surface area contributed by atoms with Crippen molar-refractivity contribution in [1.82, 2.24) is 4.98 Å². The third-order valence-electron chi connectivity index (χ3n) is 1.43. The van der Waals surface area contributed by atoms with Gasteiger partial charge in [-0.1, -0.05) is 0 Å². The molecule has 0 radical (unpaired) electrons. The van der Waals surface area contributed by atoms with Crippen LogP contribution in [0.25, 0.3) is 0 Å². The molecular weight excluding hydrogens is 190 g/mol. The van der Waals surface area contributed by atoms with Crippen molar-refractivity contribution in [2.45, 2.75) is 13.3 Å². The van der Waals surface area contributed by atoms with Crippen LogP contribution < -0.4 is 0 Å². The SMILES string of the molecule is CCOCCc1ncc(C(=O)O)s1. The van der Waals surface area contributed by atoms with Crippen LogP contribution in [0.4, 0.5) is 0 Å². The van der Waals surface area contributed by atoms with E-state index in [0.29, 0.717) is 19.6 Å². The molecule has 1 heterocycles. The highest BCUT2D eigenvalue weighted by molar-refractivity contribution is 7.13. The third-order valence-corrected chi connectivity index (χ3v) is 2.47. The number of ether oxygens (including phenoxy) is 1. The van der Waals surface area contributed by atoms with Crippen LogP contribution in [0.1, 0.15) is 21.6 Å². The van der Waals surface area contributed by atoms with Crippen LogP contribution in [0.2, 0.25) is 0 Å². The summed E-state index contributed by atoms with van der Waals surface area (Å²) in [4.78, 5) is 14.7. The molecule has 72 valence electrons. The van der Waals surface area contributed by atoms with Crippen molar-refractivity contribution in [3.63, 3.8) is 0 Å². The molecule has 1 aromatic rings. The second-order valence-corrected chi connectivity index (χ2v) is 3.49. The van der Waals surface area contributed by atoms with Gasteiger partial charge in [0.25, 0.3) is 0 Å². The molecule has 1 N–H and O–H groups in total. The maximum Gasteiger partial charge on any atom is 0.347 e. The lowest BCUT2D eigenvalue weighted by atomic mass is 10.5. The van der Waals surface area contributed by atoms with Crippen LogP contribution in [0.3, 0.4) is 0 Å². The number of carboxylic acids is 1. The lowest BCUT2D eigenvalue weighted by Gasteiger charge is -1.96. The summed E-state index contributed by atoms with van der Waals surface area (Å²) < 4.78 is 5.13. The number of carboxylic acid groups (broad SMARTS) is 1. The first-order chi connectivity index (χ1) is 6.24. The zero-order chi connectivity index (χ0) is 9.68. The summed E-state index contributed by atoms with van der Waals surface area (Å²) in [6.07, 6.45) is 2.07. The second-order valence-electron chi connectivity index (χ2n) is 2.37. The molecule has 0 fully saturated rings. The molecule has 5 heteroatoms. The predicted molar refractivity (Wildman–Crippen MR) is 49.3 cm³/mol. The molecule has 0 amide bonds. The highest BCUT2D eigenvalue weighted by Crippen LogP contribution is 2.13. The van der Waals surface area contributed by atoms with Gasteiger partial charge in [0.15, 0.2) is 0 Å². The molecule has 1 aromatic heterocycles. The van der Waals surface area contributed by atoms with Gasteiger partial charge in [0, 0.05) is 13.0 Å². The summed E-state index contributed by atoms with van der Waals surface area (Å²) in [6, 6.07) is 0. The number of carbonyl (C=O) groups is 1. The van der Waals surface area contributed by atoms with Crippen molar-refractivity contribution < 1.29 is 14.6 Å². The fourth-order valence-electron chi connectivity index (χ4n) is 0.829. The average Bonchev–Trinajstić information content (AvgIpc) is 2.53. The summed E-state index contributed by atoms with van der Waals surface area (Å²) >= 11 is 1.20. The molecule has 0 aliphatic carbocycles. The Morgan fingerprint density at radius 2 is 2.54 bits per heavy atom. The molecule has 1 rings (SSSR count). The highest BCUT2D eigenvalue weighted by Gasteiger charge is 2.07. The Bertz CT molecular complexity index is 285. The van der Waals surface area contributed by atoms with E-state index in [-0.39, 0.29) is 4.88 Å². The monoisotopic (exact) mass is 201 g/mol. The van der Waals surface area contributed by atoms with Crippen LogP contribution in [0.15, 0.2) is 6.20 Å². The summed E-state index contributed by atoms with van der Waals surface area (Å²) in [5.41, 5.74) is 0. The predicted octanol–water partition coefficient (Wildman–Crippen LogP) is 1.42. The Morgan fingerprint density at radius 3 is 3.08 bits per heavy atom. The minimum atomic E-state index is -0.917. The molecule has 0 spiro atoms. The number of aromatic carboxylic acids is 1. The summed E-state index contributed by atoms with van der Waals surface area (Å²) in [5.74, 6) is -0.917. The Morgan fingerprint density at radius 1 is 1.77 bits per heavy atom. The molecule has 0 bridgehead atoms. The first kappa shape index (κ1) is 10.1. The van der Waals surface area contributed by atoms with E-state index in [9.17, 15) is 4.79 Å². The van der Waals surface area contributed by atoms with E-state index in [2.05, 4.69) is 4.98 Å². The van der Waals surface area contributed by atoms with Crippen LogP contribution in [0.5, 0.6) is 0 Å².